The van der Waals surface area contributed by atoms with Crippen molar-refractivity contribution in [3.8, 4) is 5.88 Å². The van der Waals surface area contributed by atoms with E-state index in [-0.39, 0.29) is 0 Å². The van der Waals surface area contributed by atoms with Crippen LogP contribution >= 0.6 is 11.6 Å². The van der Waals surface area contributed by atoms with Crippen LogP contribution in [0.2, 0.25) is 5.02 Å². The van der Waals surface area contributed by atoms with E-state index in [0.29, 0.717) is 23.4 Å². The summed E-state index contributed by atoms with van der Waals surface area (Å²) < 4.78 is 5.77. The first kappa shape index (κ1) is 16.0. The van der Waals surface area contributed by atoms with Crippen LogP contribution in [0.15, 0.2) is 24.5 Å². The topological polar surface area (TPSA) is 51.1 Å². The highest BCUT2D eigenvalue weighted by Gasteiger charge is 2.22. The molecule has 3 heterocycles. The summed E-state index contributed by atoms with van der Waals surface area (Å²) >= 11 is 6.07. The summed E-state index contributed by atoms with van der Waals surface area (Å²) in [7, 11) is 0. The van der Waals surface area contributed by atoms with Gasteiger partial charge in [0.05, 0.1) is 18.0 Å². The van der Waals surface area contributed by atoms with Gasteiger partial charge in [0.25, 0.3) is 0 Å². The third-order valence-corrected chi connectivity index (χ3v) is 4.43. The van der Waals surface area contributed by atoms with Gasteiger partial charge in [0.15, 0.2) is 0 Å². The molecule has 0 unspecified atom stereocenters. The van der Waals surface area contributed by atoms with Gasteiger partial charge in [-0.15, -0.1) is 0 Å². The van der Waals surface area contributed by atoms with Crippen LogP contribution in [0.3, 0.4) is 0 Å². The fourth-order valence-electron chi connectivity index (χ4n) is 2.81. The maximum atomic E-state index is 6.07. The van der Waals surface area contributed by atoms with Gasteiger partial charge in [-0.2, -0.15) is 0 Å². The van der Waals surface area contributed by atoms with Crippen molar-refractivity contribution in [3.05, 3.63) is 40.9 Å². The number of rotatable bonds is 4. The Hall–Kier alpha value is -1.88. The smallest absolute Gasteiger partial charge is 0.232 e. The van der Waals surface area contributed by atoms with Crippen LogP contribution in [-0.2, 0) is 0 Å². The number of aryl methyl sites for hydroxylation is 2. The van der Waals surface area contributed by atoms with Gasteiger partial charge >= 0.3 is 0 Å². The standard InChI is InChI=1S/C17H21ClN4O/c1-12-10-20-13(2)16(21-12)22-8-5-14(6-9-22)11-23-17-15(18)4-3-7-19-17/h3-4,7,10,14H,5-6,8-9,11H2,1-2H3. The van der Waals surface area contributed by atoms with Crippen LogP contribution in [0.1, 0.15) is 24.2 Å². The fourth-order valence-corrected chi connectivity index (χ4v) is 2.99. The summed E-state index contributed by atoms with van der Waals surface area (Å²) in [6.07, 6.45) is 5.65. The molecule has 3 rings (SSSR count). The van der Waals surface area contributed by atoms with Gasteiger partial charge < -0.3 is 9.64 Å². The number of halogens is 1. The van der Waals surface area contributed by atoms with Crippen molar-refractivity contribution >= 4 is 17.4 Å². The summed E-state index contributed by atoms with van der Waals surface area (Å²) in [5, 5.41) is 0.565. The second kappa shape index (κ2) is 7.13. The highest BCUT2D eigenvalue weighted by Crippen LogP contribution is 2.26. The third-order valence-electron chi connectivity index (χ3n) is 4.15. The normalized spacial score (nSPS) is 15.7. The van der Waals surface area contributed by atoms with Gasteiger partial charge in [-0.05, 0) is 44.7 Å². The van der Waals surface area contributed by atoms with Crippen LogP contribution in [0.5, 0.6) is 5.88 Å². The zero-order valence-corrected chi connectivity index (χ0v) is 14.3. The average Bonchev–Trinajstić information content (AvgIpc) is 2.57. The summed E-state index contributed by atoms with van der Waals surface area (Å²) in [5.74, 6) is 2.05. The Morgan fingerprint density at radius 2 is 2.04 bits per heavy atom. The van der Waals surface area contributed by atoms with E-state index in [1.165, 1.54) is 0 Å². The van der Waals surface area contributed by atoms with E-state index in [1.807, 2.05) is 20.0 Å². The molecule has 23 heavy (non-hydrogen) atoms. The Labute approximate surface area is 141 Å². The Morgan fingerprint density at radius 1 is 1.26 bits per heavy atom. The quantitative estimate of drug-likeness (QED) is 0.858. The molecule has 2 aromatic heterocycles. The molecule has 5 nitrogen and oxygen atoms in total. The average molecular weight is 333 g/mol. The molecule has 0 atom stereocenters. The van der Waals surface area contributed by atoms with Crippen molar-refractivity contribution in [2.75, 3.05) is 24.6 Å². The zero-order chi connectivity index (χ0) is 16.2. The largest absolute Gasteiger partial charge is 0.476 e. The number of aromatic nitrogens is 3. The molecule has 0 N–H and O–H groups in total. The molecule has 0 radical (unpaired) electrons. The highest BCUT2D eigenvalue weighted by molar-refractivity contribution is 6.31. The summed E-state index contributed by atoms with van der Waals surface area (Å²) in [4.78, 5) is 15.5. The Morgan fingerprint density at radius 3 is 2.78 bits per heavy atom. The molecule has 1 saturated heterocycles. The van der Waals surface area contributed by atoms with Crippen LogP contribution < -0.4 is 9.64 Å². The minimum atomic E-state index is 0.516. The Bertz CT molecular complexity index is 671. The number of hydrogen-bond acceptors (Lipinski definition) is 5. The predicted molar refractivity (Wildman–Crippen MR) is 91.2 cm³/mol. The first-order valence-electron chi connectivity index (χ1n) is 7.92. The van der Waals surface area contributed by atoms with Gasteiger partial charge in [0, 0.05) is 25.5 Å². The molecule has 2 aromatic rings. The van der Waals surface area contributed by atoms with Crippen LogP contribution in [0.25, 0.3) is 0 Å². The van der Waals surface area contributed by atoms with E-state index in [9.17, 15) is 0 Å². The molecule has 1 aliphatic rings. The van der Waals surface area contributed by atoms with Gasteiger partial charge in [0.2, 0.25) is 5.88 Å². The van der Waals surface area contributed by atoms with Crippen LogP contribution in [-0.4, -0.2) is 34.6 Å². The lowest BCUT2D eigenvalue weighted by Gasteiger charge is -2.33. The summed E-state index contributed by atoms with van der Waals surface area (Å²) in [6, 6.07) is 3.60. The predicted octanol–water partition coefficient (Wildman–Crippen LogP) is 3.44. The third kappa shape index (κ3) is 3.91. The van der Waals surface area contributed by atoms with E-state index < -0.39 is 0 Å². The molecule has 0 spiro atoms. The maximum absolute atomic E-state index is 6.07. The molecular formula is C17H21ClN4O. The SMILES string of the molecule is Cc1cnc(C)c(N2CCC(COc3ncccc3Cl)CC2)n1. The second-order valence-electron chi connectivity index (χ2n) is 5.95. The molecule has 1 fully saturated rings. The highest BCUT2D eigenvalue weighted by atomic mass is 35.5. The minimum Gasteiger partial charge on any atom is -0.476 e. The number of ether oxygens (including phenoxy) is 1. The Kier molecular flexibility index (Phi) is 4.96. The van der Waals surface area contributed by atoms with Gasteiger partial charge in [-0.1, -0.05) is 11.6 Å². The number of piperidine rings is 1. The maximum Gasteiger partial charge on any atom is 0.232 e. The van der Waals surface area contributed by atoms with Gasteiger partial charge in [-0.3, -0.25) is 4.98 Å². The lowest BCUT2D eigenvalue weighted by atomic mass is 9.98. The lowest BCUT2D eigenvalue weighted by Crippen LogP contribution is -2.36. The van der Waals surface area contributed by atoms with E-state index >= 15 is 0 Å². The number of pyridine rings is 1. The molecule has 0 amide bonds. The summed E-state index contributed by atoms with van der Waals surface area (Å²) in [5.41, 5.74) is 1.95. The fraction of sp³-hybridized carbons (Fsp3) is 0.471. The van der Waals surface area contributed by atoms with E-state index in [0.717, 1.165) is 43.1 Å². The Balaban J connectivity index is 1.54. The summed E-state index contributed by atoms with van der Waals surface area (Å²) in [6.45, 7) is 6.60. The molecule has 1 aliphatic heterocycles. The van der Waals surface area contributed by atoms with Crippen LogP contribution in [0, 0.1) is 19.8 Å². The second-order valence-corrected chi connectivity index (χ2v) is 6.36. The molecule has 0 bridgehead atoms. The monoisotopic (exact) mass is 332 g/mol. The van der Waals surface area contributed by atoms with Gasteiger partial charge in [0.1, 0.15) is 10.8 Å². The molecule has 6 heteroatoms. The number of nitrogens with zero attached hydrogens (tertiary/aromatic N) is 4. The van der Waals surface area contributed by atoms with Crippen molar-refractivity contribution in [2.24, 2.45) is 5.92 Å². The number of hydrogen-bond donors (Lipinski definition) is 0. The minimum absolute atomic E-state index is 0.516. The van der Waals surface area contributed by atoms with Crippen molar-refractivity contribution in [1.82, 2.24) is 15.0 Å². The number of anilines is 1. The molecular weight excluding hydrogens is 312 g/mol. The molecule has 122 valence electrons. The first-order valence-corrected chi connectivity index (χ1v) is 8.30. The van der Waals surface area contributed by atoms with E-state index in [4.69, 9.17) is 16.3 Å². The van der Waals surface area contributed by atoms with Crippen molar-refractivity contribution in [3.63, 3.8) is 0 Å². The molecule has 0 aliphatic carbocycles. The van der Waals surface area contributed by atoms with Gasteiger partial charge in [-0.25, -0.2) is 9.97 Å². The molecule has 0 aromatic carbocycles. The lowest BCUT2D eigenvalue weighted by molar-refractivity contribution is 0.216. The van der Waals surface area contributed by atoms with Crippen LogP contribution in [0.4, 0.5) is 5.82 Å². The molecule has 0 saturated carbocycles. The van der Waals surface area contributed by atoms with Crippen molar-refractivity contribution in [2.45, 2.75) is 26.7 Å². The first-order chi connectivity index (χ1) is 11.1. The van der Waals surface area contributed by atoms with E-state index in [2.05, 4.69) is 19.9 Å². The van der Waals surface area contributed by atoms with Crippen molar-refractivity contribution in [1.29, 1.82) is 0 Å². The van der Waals surface area contributed by atoms with Crippen molar-refractivity contribution < 1.29 is 4.74 Å². The zero-order valence-electron chi connectivity index (χ0n) is 13.5. The van der Waals surface area contributed by atoms with E-state index in [1.54, 1.807) is 18.3 Å².